The van der Waals surface area contributed by atoms with Gasteiger partial charge in [-0.2, -0.15) is 13.2 Å². The van der Waals surface area contributed by atoms with Crippen LogP contribution in [-0.4, -0.2) is 35.6 Å². The summed E-state index contributed by atoms with van der Waals surface area (Å²) in [4.78, 5) is 9.49. The van der Waals surface area contributed by atoms with Gasteiger partial charge in [-0.15, -0.1) is 0 Å². The maximum absolute atomic E-state index is 12.6. The molecule has 2 heterocycles. The topological polar surface area (TPSA) is 41.0 Å². The van der Waals surface area contributed by atoms with Crippen molar-refractivity contribution in [2.24, 2.45) is 0 Å². The molecule has 19 heavy (non-hydrogen) atoms. The highest BCUT2D eigenvalue weighted by Gasteiger charge is 2.34. The summed E-state index contributed by atoms with van der Waals surface area (Å²) in [6.07, 6.45) is -1.34. The van der Waals surface area contributed by atoms with Crippen molar-refractivity contribution in [3.63, 3.8) is 0 Å². The highest BCUT2D eigenvalue weighted by atomic mass is 19.4. The zero-order chi connectivity index (χ0) is 13.9. The van der Waals surface area contributed by atoms with Gasteiger partial charge in [-0.05, 0) is 25.5 Å². The maximum atomic E-state index is 12.6. The Kier molecular flexibility index (Phi) is 4.24. The van der Waals surface area contributed by atoms with E-state index in [1.165, 1.54) is 6.20 Å². The molecule has 1 fully saturated rings. The molecular weight excluding hydrogens is 257 g/mol. The summed E-state index contributed by atoms with van der Waals surface area (Å²) in [7, 11) is 0. The van der Waals surface area contributed by atoms with Crippen molar-refractivity contribution in [3.05, 3.63) is 18.0 Å². The van der Waals surface area contributed by atoms with Crippen molar-refractivity contribution in [2.45, 2.75) is 32.0 Å². The highest BCUT2D eigenvalue weighted by molar-refractivity contribution is 5.34. The largest absolute Gasteiger partial charge is 0.433 e. The van der Waals surface area contributed by atoms with Crippen LogP contribution in [0.3, 0.4) is 0 Å². The van der Waals surface area contributed by atoms with Crippen molar-refractivity contribution in [2.75, 3.05) is 24.5 Å². The summed E-state index contributed by atoms with van der Waals surface area (Å²) in [6, 6.07) is 1.07. The van der Waals surface area contributed by atoms with Crippen molar-refractivity contribution in [1.82, 2.24) is 15.3 Å². The van der Waals surface area contributed by atoms with E-state index in [4.69, 9.17) is 0 Å². The molecule has 0 saturated carbocycles. The van der Waals surface area contributed by atoms with Gasteiger partial charge in [-0.25, -0.2) is 9.97 Å². The number of nitrogens with zero attached hydrogens (tertiary/aromatic N) is 3. The Hall–Kier alpha value is -1.37. The van der Waals surface area contributed by atoms with Crippen LogP contribution in [0.4, 0.5) is 19.1 Å². The van der Waals surface area contributed by atoms with Gasteiger partial charge in [0.15, 0.2) is 0 Å². The Morgan fingerprint density at radius 1 is 1.47 bits per heavy atom. The minimum absolute atomic E-state index is 0.170. The van der Waals surface area contributed by atoms with Gasteiger partial charge in [0.25, 0.3) is 0 Å². The Balaban J connectivity index is 2.16. The summed E-state index contributed by atoms with van der Waals surface area (Å²) in [5, 5.41) is 3.22. The quantitative estimate of drug-likeness (QED) is 0.912. The highest BCUT2D eigenvalue weighted by Crippen LogP contribution is 2.29. The average molecular weight is 274 g/mol. The minimum atomic E-state index is -4.42. The molecule has 0 radical (unpaired) electrons. The lowest BCUT2D eigenvalue weighted by Crippen LogP contribution is -2.39. The first-order valence-corrected chi connectivity index (χ1v) is 6.40. The number of nitrogens with one attached hydrogen (secondary N) is 1. The SMILES string of the molecule is CCNCC1CCCN1c1nccc(C(F)(F)F)n1. The fraction of sp³-hybridized carbons (Fsp3) is 0.667. The summed E-state index contributed by atoms with van der Waals surface area (Å²) in [6.45, 7) is 4.29. The molecule has 1 atom stereocenters. The van der Waals surface area contributed by atoms with Crippen LogP contribution < -0.4 is 10.2 Å². The van der Waals surface area contributed by atoms with Crippen molar-refractivity contribution < 1.29 is 13.2 Å². The molecule has 1 N–H and O–H groups in total. The van der Waals surface area contributed by atoms with E-state index in [0.717, 1.165) is 32.0 Å². The molecule has 4 nitrogen and oxygen atoms in total. The van der Waals surface area contributed by atoms with Crippen molar-refractivity contribution in [3.8, 4) is 0 Å². The summed E-state index contributed by atoms with van der Waals surface area (Å²) in [5.41, 5.74) is -0.883. The molecule has 0 spiro atoms. The van der Waals surface area contributed by atoms with Crippen LogP contribution in [0.5, 0.6) is 0 Å². The molecule has 1 aliphatic rings. The van der Waals surface area contributed by atoms with Gasteiger partial charge in [-0.3, -0.25) is 0 Å². The average Bonchev–Trinajstić information content (AvgIpc) is 2.83. The monoisotopic (exact) mass is 274 g/mol. The molecule has 1 unspecified atom stereocenters. The Labute approximate surface area is 110 Å². The van der Waals surface area contributed by atoms with Crippen LogP contribution in [0, 0.1) is 0 Å². The molecule has 1 aromatic heterocycles. The number of hydrogen-bond acceptors (Lipinski definition) is 4. The Morgan fingerprint density at radius 3 is 2.95 bits per heavy atom. The van der Waals surface area contributed by atoms with E-state index in [1.807, 2.05) is 11.8 Å². The molecule has 0 aromatic carbocycles. The van der Waals surface area contributed by atoms with Crippen LogP contribution in [0.15, 0.2) is 12.3 Å². The Bertz CT molecular complexity index is 422. The molecule has 1 aliphatic heterocycles. The van der Waals surface area contributed by atoms with Crippen LogP contribution >= 0.6 is 0 Å². The van der Waals surface area contributed by atoms with Crippen LogP contribution in [0.25, 0.3) is 0 Å². The summed E-state index contributed by atoms with van der Waals surface area (Å²) >= 11 is 0. The zero-order valence-electron chi connectivity index (χ0n) is 10.7. The number of aromatic nitrogens is 2. The molecular formula is C12H17F3N4. The summed E-state index contributed by atoms with van der Waals surface area (Å²) in [5.74, 6) is 0.176. The molecule has 0 bridgehead atoms. The predicted octanol–water partition coefficient (Wildman–Crippen LogP) is 2.07. The van der Waals surface area contributed by atoms with E-state index >= 15 is 0 Å². The molecule has 0 amide bonds. The lowest BCUT2D eigenvalue weighted by molar-refractivity contribution is -0.141. The third kappa shape index (κ3) is 3.34. The number of rotatable bonds is 4. The van der Waals surface area contributed by atoms with Gasteiger partial charge >= 0.3 is 6.18 Å². The van der Waals surface area contributed by atoms with Gasteiger partial charge < -0.3 is 10.2 Å². The lowest BCUT2D eigenvalue weighted by Gasteiger charge is -2.25. The van der Waals surface area contributed by atoms with E-state index in [1.54, 1.807) is 0 Å². The number of hydrogen-bond donors (Lipinski definition) is 1. The minimum Gasteiger partial charge on any atom is -0.337 e. The van der Waals surface area contributed by atoms with E-state index in [2.05, 4.69) is 15.3 Å². The summed E-state index contributed by atoms with van der Waals surface area (Å²) < 4.78 is 37.9. The van der Waals surface area contributed by atoms with E-state index < -0.39 is 11.9 Å². The maximum Gasteiger partial charge on any atom is 0.433 e. The number of likely N-dealkylation sites (N-methyl/N-ethyl adjacent to an activating group) is 1. The molecule has 2 rings (SSSR count). The Morgan fingerprint density at radius 2 is 2.26 bits per heavy atom. The molecule has 7 heteroatoms. The third-order valence-corrected chi connectivity index (χ3v) is 3.20. The fourth-order valence-corrected chi connectivity index (χ4v) is 2.27. The van der Waals surface area contributed by atoms with Crippen molar-refractivity contribution in [1.29, 1.82) is 0 Å². The van der Waals surface area contributed by atoms with Crippen LogP contribution in [0.1, 0.15) is 25.5 Å². The van der Waals surface area contributed by atoms with Gasteiger partial charge in [0.2, 0.25) is 5.95 Å². The zero-order valence-corrected chi connectivity index (χ0v) is 10.7. The normalized spacial score (nSPS) is 20.0. The molecule has 0 aliphatic carbocycles. The van der Waals surface area contributed by atoms with Crippen molar-refractivity contribution >= 4 is 5.95 Å². The first kappa shape index (κ1) is 14.0. The fourth-order valence-electron chi connectivity index (χ4n) is 2.27. The second-order valence-corrected chi connectivity index (χ2v) is 4.54. The van der Waals surface area contributed by atoms with E-state index in [0.29, 0.717) is 6.54 Å². The standard InChI is InChI=1S/C12H17F3N4/c1-2-16-8-9-4-3-7-19(9)11-17-6-5-10(18-11)12(13,14)15/h5-6,9,16H,2-4,7-8H2,1H3. The van der Waals surface area contributed by atoms with Crippen LogP contribution in [-0.2, 0) is 6.18 Å². The smallest absolute Gasteiger partial charge is 0.337 e. The number of anilines is 1. The first-order valence-electron chi connectivity index (χ1n) is 6.40. The van der Waals surface area contributed by atoms with E-state index in [-0.39, 0.29) is 12.0 Å². The van der Waals surface area contributed by atoms with Gasteiger partial charge in [0, 0.05) is 25.3 Å². The predicted molar refractivity (Wildman–Crippen MR) is 65.9 cm³/mol. The van der Waals surface area contributed by atoms with Gasteiger partial charge in [0.05, 0.1) is 0 Å². The van der Waals surface area contributed by atoms with Gasteiger partial charge in [0.1, 0.15) is 5.69 Å². The molecule has 1 saturated heterocycles. The third-order valence-electron chi connectivity index (χ3n) is 3.20. The first-order chi connectivity index (χ1) is 9.02. The lowest BCUT2D eigenvalue weighted by atomic mass is 10.2. The molecule has 106 valence electrons. The molecule has 1 aromatic rings. The van der Waals surface area contributed by atoms with E-state index in [9.17, 15) is 13.2 Å². The second-order valence-electron chi connectivity index (χ2n) is 4.54. The second kappa shape index (κ2) is 5.73. The number of halogens is 3. The van der Waals surface area contributed by atoms with Crippen LogP contribution in [0.2, 0.25) is 0 Å². The van der Waals surface area contributed by atoms with Gasteiger partial charge in [-0.1, -0.05) is 6.92 Å². The number of alkyl halides is 3.